The van der Waals surface area contributed by atoms with E-state index in [2.05, 4.69) is 41.2 Å². The molecule has 4 unspecified atom stereocenters. The lowest BCUT2D eigenvalue weighted by Gasteiger charge is -2.26. The molecule has 0 fully saturated rings. The van der Waals surface area contributed by atoms with Crippen LogP contribution in [0, 0.1) is 65.1 Å². The van der Waals surface area contributed by atoms with Gasteiger partial charge in [-0.1, -0.05) is 30.3 Å². The number of aromatic nitrogens is 4. The van der Waals surface area contributed by atoms with E-state index in [1.807, 2.05) is 0 Å². The van der Waals surface area contributed by atoms with E-state index in [9.17, 15) is 82.3 Å². The van der Waals surface area contributed by atoms with Crippen molar-refractivity contribution in [3.8, 4) is 23.0 Å². The molecule has 0 spiro atoms. The first-order chi connectivity index (χ1) is 55.8. The summed E-state index contributed by atoms with van der Waals surface area (Å²) in [6, 6.07) is 16.8. The summed E-state index contributed by atoms with van der Waals surface area (Å²) in [5.74, 6) is -18.7. The number of benzene rings is 4. The van der Waals surface area contributed by atoms with E-state index in [0.717, 1.165) is 24.3 Å². The number of para-hydroxylation sites is 2. The molecule has 642 valence electrons. The maximum absolute atomic E-state index is 14.1. The molecule has 38 heteroatoms. The molecule has 119 heavy (non-hydrogen) atoms. The number of anilines is 4. The Balaban J connectivity index is 0.000000283. The molecule has 4 aromatic carbocycles. The number of nitrogens with two attached hydrogens (primary N) is 4. The fourth-order valence-electron chi connectivity index (χ4n) is 9.60. The van der Waals surface area contributed by atoms with Crippen molar-refractivity contribution in [2.75, 3.05) is 77.8 Å². The topological polar surface area (TPSA) is 414 Å². The second-order valence-electron chi connectivity index (χ2n) is 28.1. The number of nitrogen functional groups attached to an aromatic ring is 4. The predicted molar refractivity (Wildman–Crippen MR) is 414 cm³/mol. The third-order valence-corrected chi connectivity index (χ3v) is 17.7. The SMILES string of the molecule is COC(C)(C)C(=O)NC(Cc1ccc(N)nc1)C(=O)COc1c(F)c(C)cc(F)c1F.COC(C)(C)C(=O)NC(Cc1ccc(N)nc1)C(=O)COc1c(F)ccc(F)c1F.COC(C)(C)C(=O)NC(Cc1ccc(N)nc1)C(=O)COc1c(F)cccc1F.COC(C)(C)C(=O)NC(Cc1ccnc(N)c1)C(=O)COc1c(F)cccc1F. The molecule has 4 aromatic heterocycles. The number of carbonyl (C=O) groups is 8. The molecule has 0 radical (unpaired) electrons. The van der Waals surface area contributed by atoms with Crippen LogP contribution in [-0.4, -0.2) is 168 Å². The molecule has 8 aromatic rings. The standard InChI is InChI=1S/C21H24F3N3O4.C20H22F3N3O4.2C20H23F2N3O4/c1-11-7-13(22)18(24)19(17(11)23)31-10-15(28)14(27-20(29)21(2,3)30-4)8-12-5-6-16(25)26-9-12;1-20(2,29-3)19(28)26-14(8-11-4-7-16(24)25-9-11)15(27)10-30-18-13(22)6-5-12(21)17(18)23;1-20(2,28-3)19(27)25-15(9-12-7-8-24-17(23)10-12)16(26)11-29-18-13(21)5-4-6-14(18)22;1-20(2,28-3)19(27)25-15(9-12-7-8-17(23)24-10-12)16(26)11-29-18-13(21)5-4-6-14(18)22/h5-7,9,14H,8,10H2,1-4H3,(H2,25,26)(H,27,29);4-7,9,14H,8,10H2,1-3H3,(H2,24,25)(H,26,28);2*4-8,10,15H,9,11H2,1-3H3,(H2,23,24)(H,25,27). The lowest BCUT2D eigenvalue weighted by molar-refractivity contribution is -0.142. The molecule has 0 aliphatic rings. The van der Waals surface area contributed by atoms with Crippen LogP contribution in [0.3, 0.4) is 0 Å². The van der Waals surface area contributed by atoms with Crippen molar-refractivity contribution < 1.29 is 120 Å². The molecule has 0 bridgehead atoms. The van der Waals surface area contributed by atoms with Crippen molar-refractivity contribution in [1.82, 2.24) is 41.2 Å². The highest BCUT2D eigenvalue weighted by molar-refractivity contribution is 5.95. The highest BCUT2D eigenvalue weighted by Crippen LogP contribution is 2.29. The maximum atomic E-state index is 14.1. The van der Waals surface area contributed by atoms with Gasteiger partial charge in [0, 0.05) is 78.9 Å². The zero-order chi connectivity index (χ0) is 89.0. The van der Waals surface area contributed by atoms with Crippen LogP contribution in [0.4, 0.5) is 67.2 Å². The third-order valence-electron chi connectivity index (χ3n) is 17.7. The summed E-state index contributed by atoms with van der Waals surface area (Å²) in [4.78, 5) is 116. The van der Waals surface area contributed by atoms with Gasteiger partial charge in [-0.2, -0.15) is 8.78 Å². The monoisotopic (exact) mass is 1680 g/mol. The van der Waals surface area contributed by atoms with E-state index in [4.69, 9.17) is 60.8 Å². The fourth-order valence-corrected chi connectivity index (χ4v) is 9.60. The molecule has 4 atom stereocenters. The minimum Gasteiger partial charge on any atom is -0.480 e. The van der Waals surface area contributed by atoms with Gasteiger partial charge in [-0.25, -0.2) is 55.1 Å². The number of hydrogen-bond donors (Lipinski definition) is 8. The summed E-state index contributed by atoms with van der Waals surface area (Å²) >= 11 is 0. The van der Waals surface area contributed by atoms with E-state index < -0.39 is 201 Å². The minimum absolute atomic E-state index is 0.00809. The highest BCUT2D eigenvalue weighted by Gasteiger charge is 2.37. The number of aryl methyl sites for hydroxylation is 1. The quantitative estimate of drug-likeness (QED) is 0.0134. The molecule has 0 saturated heterocycles. The lowest BCUT2D eigenvalue weighted by Crippen LogP contribution is -2.52. The molecule has 12 N–H and O–H groups in total. The van der Waals surface area contributed by atoms with Crippen LogP contribution in [0.5, 0.6) is 23.0 Å². The number of nitrogens with one attached hydrogen (secondary N) is 4. The van der Waals surface area contributed by atoms with Crippen molar-refractivity contribution in [3.05, 3.63) is 214 Å². The van der Waals surface area contributed by atoms with Crippen LogP contribution in [0.25, 0.3) is 0 Å². The Labute approximate surface area is 678 Å². The first-order valence-electron chi connectivity index (χ1n) is 35.8. The molecule has 28 nitrogen and oxygen atoms in total. The first kappa shape index (κ1) is 97.2. The van der Waals surface area contributed by atoms with Gasteiger partial charge in [-0.3, -0.25) is 38.4 Å². The highest BCUT2D eigenvalue weighted by atomic mass is 19.2. The van der Waals surface area contributed by atoms with Crippen molar-refractivity contribution >= 4 is 70.0 Å². The molecule has 0 aliphatic carbocycles. The summed E-state index contributed by atoms with van der Waals surface area (Å²) in [6.45, 7) is 10.5. The molecule has 4 heterocycles. The van der Waals surface area contributed by atoms with Crippen LogP contribution >= 0.6 is 0 Å². The first-order valence-corrected chi connectivity index (χ1v) is 35.8. The van der Waals surface area contributed by atoms with Gasteiger partial charge in [0.1, 0.15) is 72.1 Å². The van der Waals surface area contributed by atoms with Gasteiger partial charge in [0.05, 0.1) is 24.2 Å². The largest absolute Gasteiger partial charge is 0.480 e. The van der Waals surface area contributed by atoms with E-state index >= 15 is 0 Å². The molecule has 0 aliphatic heterocycles. The number of amides is 4. The van der Waals surface area contributed by atoms with Crippen LogP contribution in [-0.2, 0) is 83.0 Å². The number of Topliss-reactive ketones (excluding diaryl/α,β-unsaturated/α-hetero) is 4. The van der Waals surface area contributed by atoms with Gasteiger partial charge in [0.2, 0.25) is 11.6 Å². The van der Waals surface area contributed by atoms with Gasteiger partial charge in [0.15, 0.2) is 92.7 Å². The Bertz CT molecular complexity index is 4780. The summed E-state index contributed by atoms with van der Waals surface area (Å²) in [6.07, 6.45) is 5.98. The van der Waals surface area contributed by atoms with Crippen molar-refractivity contribution in [3.63, 3.8) is 0 Å². The molecular weight excluding hydrogens is 1590 g/mol. The van der Waals surface area contributed by atoms with E-state index in [1.54, 1.807) is 64.1 Å². The zero-order valence-electron chi connectivity index (χ0n) is 67.0. The van der Waals surface area contributed by atoms with Crippen LogP contribution in [0.1, 0.15) is 83.2 Å². The number of pyridine rings is 4. The van der Waals surface area contributed by atoms with Crippen LogP contribution in [0.2, 0.25) is 0 Å². The Morgan fingerprint density at radius 3 is 0.924 bits per heavy atom. The van der Waals surface area contributed by atoms with Crippen LogP contribution < -0.4 is 63.1 Å². The Morgan fingerprint density at radius 1 is 0.336 bits per heavy atom. The van der Waals surface area contributed by atoms with Crippen molar-refractivity contribution in [2.24, 2.45) is 0 Å². The minimum atomic E-state index is -1.55. The summed E-state index contributed by atoms with van der Waals surface area (Å²) < 4.78 is 178. The van der Waals surface area contributed by atoms with Gasteiger partial charge < -0.3 is 82.1 Å². The number of methoxy groups -OCH3 is 4. The molecular formula is C81H92F10N12O16. The maximum Gasteiger partial charge on any atom is 0.252 e. The molecule has 8 rings (SSSR count). The number of hydrogen-bond acceptors (Lipinski definition) is 24. The number of ketones is 4. The van der Waals surface area contributed by atoms with Crippen molar-refractivity contribution in [2.45, 2.75) is 135 Å². The van der Waals surface area contributed by atoms with E-state index in [0.29, 0.717) is 46.3 Å². The second kappa shape index (κ2) is 44.2. The van der Waals surface area contributed by atoms with Crippen LogP contribution in [0.15, 0.2) is 128 Å². The van der Waals surface area contributed by atoms with Gasteiger partial charge >= 0.3 is 0 Å². The number of rotatable bonds is 36. The average Bonchev–Trinajstić information content (AvgIpc) is 0.819. The van der Waals surface area contributed by atoms with Gasteiger partial charge in [-0.15, -0.1) is 0 Å². The summed E-state index contributed by atoms with van der Waals surface area (Å²) in [5, 5.41) is 10.3. The normalized spacial score (nSPS) is 12.3. The summed E-state index contributed by atoms with van der Waals surface area (Å²) in [7, 11) is 5.40. The van der Waals surface area contributed by atoms with Gasteiger partial charge in [0.25, 0.3) is 23.6 Å². The molecule has 0 saturated carbocycles. The number of halogens is 10. The average molecular weight is 1680 g/mol. The summed E-state index contributed by atoms with van der Waals surface area (Å²) in [5.41, 5.74) is 19.7. The Kier molecular flexibility index (Phi) is 36.1. The lowest BCUT2D eigenvalue weighted by atomic mass is 10.0. The Morgan fingerprint density at radius 2 is 0.622 bits per heavy atom. The van der Waals surface area contributed by atoms with E-state index in [-0.39, 0.29) is 48.7 Å². The number of carbonyl (C=O) groups excluding carboxylic acids is 8. The zero-order valence-corrected chi connectivity index (χ0v) is 67.0. The van der Waals surface area contributed by atoms with Crippen molar-refractivity contribution in [1.29, 1.82) is 0 Å². The number of nitrogens with zero attached hydrogens (tertiary/aromatic N) is 4. The van der Waals surface area contributed by atoms with E-state index in [1.165, 1.54) is 112 Å². The fraction of sp³-hybridized carbons (Fsp3) is 0.358. The second-order valence-corrected chi connectivity index (χ2v) is 28.1. The predicted octanol–water partition coefficient (Wildman–Crippen LogP) is 8.76. The van der Waals surface area contributed by atoms with Gasteiger partial charge in [-0.05, 0) is 163 Å². The molecule has 4 amide bonds. The smallest absolute Gasteiger partial charge is 0.252 e. The third kappa shape index (κ3) is 29.3. The Hall–Kier alpha value is -12.4. The number of ether oxygens (including phenoxy) is 8.